The summed E-state index contributed by atoms with van der Waals surface area (Å²) < 4.78 is 6.96. The van der Waals surface area contributed by atoms with Gasteiger partial charge in [-0.05, 0) is 24.6 Å². The molecule has 0 aliphatic carbocycles. The van der Waals surface area contributed by atoms with Gasteiger partial charge in [0.05, 0.1) is 5.56 Å². The second-order valence-electron chi connectivity index (χ2n) is 7.39. The maximum Gasteiger partial charge on any atom is 0.251 e. The van der Waals surface area contributed by atoms with Gasteiger partial charge < -0.3 is 18.8 Å². The minimum absolute atomic E-state index is 0.00812. The van der Waals surface area contributed by atoms with Crippen LogP contribution in [0.15, 0.2) is 51.8 Å². The predicted molar refractivity (Wildman–Crippen MR) is 113 cm³/mol. The van der Waals surface area contributed by atoms with Gasteiger partial charge in [-0.1, -0.05) is 25.1 Å². The monoisotopic (exact) mass is 407 g/mol. The van der Waals surface area contributed by atoms with E-state index in [1.165, 1.54) is 21.9 Å². The number of hydrogen-bond donors (Lipinski definition) is 0. The third-order valence-electron chi connectivity index (χ3n) is 5.39. The Kier molecular flexibility index (Phi) is 5.65. The Bertz CT molecular complexity index is 1100. The van der Waals surface area contributed by atoms with Crippen molar-refractivity contribution >= 4 is 11.6 Å². The van der Waals surface area contributed by atoms with Crippen molar-refractivity contribution in [2.45, 2.75) is 26.8 Å². The standard InChI is InChI=1S/C22H25N5O3/c1-3-19-23-24-22(30-19)17-8-9-20(28)27(14-17)15-21(29)26-12-10-25(11-13-26)18-7-5-4-6-16(18)2/h4-9,14H,3,10-13,15H2,1-2H3. The van der Waals surface area contributed by atoms with Gasteiger partial charge >= 0.3 is 0 Å². The summed E-state index contributed by atoms with van der Waals surface area (Å²) in [6.45, 7) is 6.82. The van der Waals surface area contributed by atoms with Crippen LogP contribution in [0.3, 0.4) is 0 Å². The van der Waals surface area contributed by atoms with Crippen molar-refractivity contribution in [1.29, 1.82) is 0 Å². The van der Waals surface area contributed by atoms with Gasteiger partial charge in [0.15, 0.2) is 0 Å². The minimum atomic E-state index is -0.235. The lowest BCUT2D eigenvalue weighted by atomic mass is 10.1. The summed E-state index contributed by atoms with van der Waals surface area (Å²) >= 11 is 0. The summed E-state index contributed by atoms with van der Waals surface area (Å²) in [6.07, 6.45) is 2.25. The Morgan fingerprint density at radius 3 is 2.53 bits per heavy atom. The SMILES string of the molecule is CCc1nnc(-c2ccc(=O)n(CC(=O)N3CCN(c4ccccc4C)CC3)c2)o1. The van der Waals surface area contributed by atoms with E-state index in [-0.39, 0.29) is 18.0 Å². The second kappa shape index (κ2) is 8.52. The number of benzene rings is 1. The van der Waals surface area contributed by atoms with E-state index in [1.807, 2.05) is 24.0 Å². The summed E-state index contributed by atoms with van der Waals surface area (Å²) in [7, 11) is 0. The number of aromatic nitrogens is 3. The molecule has 0 bridgehead atoms. The van der Waals surface area contributed by atoms with Crippen LogP contribution in [0.1, 0.15) is 18.4 Å². The molecule has 3 heterocycles. The molecule has 1 aliphatic rings. The molecule has 8 nitrogen and oxygen atoms in total. The largest absolute Gasteiger partial charge is 0.421 e. The first-order chi connectivity index (χ1) is 14.5. The van der Waals surface area contributed by atoms with Crippen LogP contribution in [0.4, 0.5) is 5.69 Å². The molecule has 1 fully saturated rings. The van der Waals surface area contributed by atoms with E-state index in [2.05, 4.69) is 34.2 Å². The third-order valence-corrected chi connectivity index (χ3v) is 5.39. The van der Waals surface area contributed by atoms with Crippen LogP contribution in [0.25, 0.3) is 11.5 Å². The minimum Gasteiger partial charge on any atom is -0.421 e. The molecule has 0 saturated carbocycles. The molecule has 0 unspecified atom stereocenters. The highest BCUT2D eigenvalue weighted by molar-refractivity contribution is 5.76. The fourth-order valence-corrected chi connectivity index (χ4v) is 3.66. The Labute approximate surface area is 174 Å². The quantitative estimate of drug-likeness (QED) is 0.644. The van der Waals surface area contributed by atoms with E-state index in [0.29, 0.717) is 36.9 Å². The van der Waals surface area contributed by atoms with E-state index in [9.17, 15) is 9.59 Å². The molecule has 30 heavy (non-hydrogen) atoms. The number of aryl methyl sites for hydroxylation is 2. The molecule has 0 spiro atoms. The number of carbonyl (C=O) groups is 1. The highest BCUT2D eigenvalue weighted by Gasteiger charge is 2.22. The fraction of sp³-hybridized carbons (Fsp3) is 0.364. The maximum atomic E-state index is 12.8. The van der Waals surface area contributed by atoms with Gasteiger partial charge in [0, 0.05) is 50.6 Å². The van der Waals surface area contributed by atoms with Crippen LogP contribution in [0.2, 0.25) is 0 Å². The Morgan fingerprint density at radius 2 is 1.83 bits per heavy atom. The summed E-state index contributed by atoms with van der Waals surface area (Å²) in [5.41, 5.74) is 2.83. The molecule has 0 N–H and O–H groups in total. The van der Waals surface area contributed by atoms with Crippen LogP contribution >= 0.6 is 0 Å². The summed E-state index contributed by atoms with van der Waals surface area (Å²) in [4.78, 5) is 29.2. The van der Waals surface area contributed by atoms with E-state index in [0.717, 1.165) is 13.1 Å². The highest BCUT2D eigenvalue weighted by atomic mass is 16.4. The molecule has 2 aromatic heterocycles. The molecule has 1 amide bonds. The average Bonchev–Trinajstić information content (AvgIpc) is 3.25. The molecule has 0 atom stereocenters. The number of anilines is 1. The number of para-hydroxylation sites is 1. The molecule has 156 valence electrons. The number of hydrogen-bond acceptors (Lipinski definition) is 6. The highest BCUT2D eigenvalue weighted by Crippen LogP contribution is 2.21. The number of carbonyl (C=O) groups excluding carboxylic acids is 1. The van der Waals surface area contributed by atoms with Crippen molar-refractivity contribution in [2.24, 2.45) is 0 Å². The maximum absolute atomic E-state index is 12.8. The lowest BCUT2D eigenvalue weighted by Gasteiger charge is -2.36. The van der Waals surface area contributed by atoms with E-state index >= 15 is 0 Å². The second-order valence-corrected chi connectivity index (χ2v) is 7.39. The van der Waals surface area contributed by atoms with Gasteiger partial charge in [0.25, 0.3) is 5.56 Å². The van der Waals surface area contributed by atoms with Gasteiger partial charge in [-0.25, -0.2) is 0 Å². The van der Waals surface area contributed by atoms with Gasteiger partial charge in [-0.15, -0.1) is 10.2 Å². The number of rotatable bonds is 5. The molecule has 1 saturated heterocycles. The summed E-state index contributed by atoms with van der Waals surface area (Å²) in [5, 5.41) is 7.96. The van der Waals surface area contributed by atoms with Crippen molar-refractivity contribution < 1.29 is 9.21 Å². The molecule has 3 aromatic rings. The van der Waals surface area contributed by atoms with Crippen LogP contribution < -0.4 is 10.5 Å². The van der Waals surface area contributed by atoms with Crippen molar-refractivity contribution in [3.05, 3.63) is 64.4 Å². The molecule has 1 aliphatic heterocycles. The third kappa shape index (κ3) is 4.12. The van der Waals surface area contributed by atoms with Crippen LogP contribution in [-0.4, -0.2) is 51.8 Å². The zero-order chi connectivity index (χ0) is 21.1. The van der Waals surface area contributed by atoms with E-state index < -0.39 is 0 Å². The van der Waals surface area contributed by atoms with Crippen molar-refractivity contribution in [3.63, 3.8) is 0 Å². The average molecular weight is 407 g/mol. The smallest absolute Gasteiger partial charge is 0.251 e. The lowest BCUT2D eigenvalue weighted by molar-refractivity contribution is -0.132. The molecular weight excluding hydrogens is 382 g/mol. The van der Waals surface area contributed by atoms with Crippen LogP contribution in [-0.2, 0) is 17.8 Å². The molecule has 8 heteroatoms. The Hall–Kier alpha value is -3.42. The first-order valence-corrected chi connectivity index (χ1v) is 10.2. The van der Waals surface area contributed by atoms with Crippen molar-refractivity contribution in [1.82, 2.24) is 19.7 Å². The van der Waals surface area contributed by atoms with Gasteiger partial charge in [-0.2, -0.15) is 0 Å². The molecule has 1 aromatic carbocycles. The Balaban J connectivity index is 1.42. The Morgan fingerprint density at radius 1 is 1.07 bits per heavy atom. The molecular formula is C22H25N5O3. The summed E-state index contributed by atoms with van der Waals surface area (Å²) in [6, 6.07) is 11.3. The molecule has 0 radical (unpaired) electrons. The normalized spacial score (nSPS) is 14.2. The van der Waals surface area contributed by atoms with Gasteiger partial charge in [0.2, 0.25) is 17.7 Å². The fourth-order valence-electron chi connectivity index (χ4n) is 3.66. The number of amides is 1. The van der Waals surface area contributed by atoms with Gasteiger partial charge in [0.1, 0.15) is 6.54 Å². The van der Waals surface area contributed by atoms with E-state index in [4.69, 9.17) is 4.42 Å². The van der Waals surface area contributed by atoms with E-state index in [1.54, 1.807) is 12.3 Å². The van der Waals surface area contributed by atoms with Gasteiger partial charge in [-0.3, -0.25) is 9.59 Å². The van der Waals surface area contributed by atoms with Crippen molar-refractivity contribution in [3.8, 4) is 11.5 Å². The topological polar surface area (TPSA) is 84.5 Å². The van der Waals surface area contributed by atoms with Crippen LogP contribution in [0.5, 0.6) is 0 Å². The number of nitrogens with zero attached hydrogens (tertiary/aromatic N) is 5. The number of piperazine rings is 1. The summed E-state index contributed by atoms with van der Waals surface area (Å²) in [5.74, 6) is 0.809. The predicted octanol–water partition coefficient (Wildman–Crippen LogP) is 2.12. The molecule has 4 rings (SSSR count). The van der Waals surface area contributed by atoms with Crippen molar-refractivity contribution in [2.75, 3.05) is 31.1 Å². The zero-order valence-electron chi connectivity index (χ0n) is 17.2. The lowest BCUT2D eigenvalue weighted by Crippen LogP contribution is -2.50. The van der Waals surface area contributed by atoms with Crippen LogP contribution in [0, 0.1) is 6.92 Å². The zero-order valence-corrected chi connectivity index (χ0v) is 17.2. The first-order valence-electron chi connectivity index (χ1n) is 10.2. The number of pyridine rings is 1. The first kappa shape index (κ1) is 19.9.